The lowest BCUT2D eigenvalue weighted by molar-refractivity contribution is -0.117. The first-order valence-electron chi connectivity index (χ1n) is 11.4. The average molecular weight is 553 g/mol. The Morgan fingerprint density at radius 3 is 2.19 bits per heavy atom. The Bertz CT molecular complexity index is 1450. The van der Waals surface area contributed by atoms with E-state index >= 15 is 0 Å². The highest BCUT2D eigenvalue weighted by Gasteiger charge is 2.23. The lowest BCUT2D eigenvalue weighted by Crippen LogP contribution is -2.39. The number of nitrogens with two attached hydrogens (primary N) is 1. The molecular weight excluding hydrogens is 528 g/mol. The maximum Gasteiger partial charge on any atom is 0.251 e. The summed E-state index contributed by atoms with van der Waals surface area (Å²) in [6.45, 7) is 0. The topological polar surface area (TPSA) is 113 Å². The Morgan fingerprint density at radius 1 is 0.919 bits per heavy atom. The van der Waals surface area contributed by atoms with Gasteiger partial charge >= 0.3 is 0 Å². The van der Waals surface area contributed by atoms with Gasteiger partial charge in [0.15, 0.2) is 5.11 Å². The molecule has 0 unspecified atom stereocenters. The molecule has 0 spiro atoms. The van der Waals surface area contributed by atoms with Gasteiger partial charge in [-0.2, -0.15) is 0 Å². The molecule has 5 N–H and O–H groups in total. The van der Waals surface area contributed by atoms with Crippen LogP contribution in [0.15, 0.2) is 95.9 Å². The Hall–Kier alpha value is -3.50. The van der Waals surface area contributed by atoms with E-state index in [-0.39, 0.29) is 15.9 Å². The van der Waals surface area contributed by atoms with E-state index in [0.717, 1.165) is 11.3 Å². The third-order valence-electron chi connectivity index (χ3n) is 5.70. The fourth-order valence-corrected chi connectivity index (χ4v) is 5.18. The molecule has 7 nitrogen and oxygen atoms in total. The van der Waals surface area contributed by atoms with E-state index in [1.807, 2.05) is 36.4 Å². The third kappa shape index (κ3) is 7.05. The lowest BCUT2D eigenvalue weighted by atomic mass is 9.99. The number of sulfonamides is 1. The largest absolute Gasteiger partial charge is 0.347 e. The molecule has 1 aliphatic carbocycles. The summed E-state index contributed by atoms with van der Waals surface area (Å²) in [6, 6.07) is 22.4. The Morgan fingerprint density at radius 2 is 1.54 bits per heavy atom. The summed E-state index contributed by atoms with van der Waals surface area (Å²) < 4.78 is 24.0. The predicted molar refractivity (Wildman–Crippen MR) is 153 cm³/mol. The van der Waals surface area contributed by atoms with Gasteiger partial charge in [-0.05, 0) is 78.2 Å². The number of allylic oxidation sites excluding steroid dienone is 4. The van der Waals surface area contributed by atoms with E-state index in [0.29, 0.717) is 34.7 Å². The number of nitrogens with one attached hydrogen (secondary N) is 3. The maximum absolute atomic E-state index is 13.3. The zero-order chi connectivity index (χ0) is 26.4. The third-order valence-corrected chi connectivity index (χ3v) is 7.29. The van der Waals surface area contributed by atoms with Crippen molar-refractivity contribution in [3.63, 3.8) is 0 Å². The summed E-state index contributed by atoms with van der Waals surface area (Å²) in [6.07, 6.45) is 4.65. The van der Waals surface area contributed by atoms with Gasteiger partial charge in [-0.1, -0.05) is 66.2 Å². The summed E-state index contributed by atoms with van der Waals surface area (Å²) in [4.78, 5) is 13.5. The SMILES string of the molecule is NS(=O)(=O)C1=C(c2ccc(NC(=O)[C@@H](NC(=S)Nc3ccc(Cl)cc3)c3ccccc3)cc2)C=CCC1. The predicted octanol–water partition coefficient (Wildman–Crippen LogP) is 5.36. The van der Waals surface area contributed by atoms with Gasteiger partial charge in [-0.25, -0.2) is 13.6 Å². The second-order valence-corrected chi connectivity index (χ2v) is 10.8. The van der Waals surface area contributed by atoms with Crippen molar-refractivity contribution in [1.82, 2.24) is 5.32 Å². The number of anilines is 2. The number of amides is 1. The molecule has 37 heavy (non-hydrogen) atoms. The minimum atomic E-state index is -3.80. The van der Waals surface area contributed by atoms with Crippen molar-refractivity contribution in [2.24, 2.45) is 5.14 Å². The number of carbonyl (C=O) groups excluding carboxylic acids is 1. The van der Waals surface area contributed by atoms with Gasteiger partial charge in [0.25, 0.3) is 5.91 Å². The van der Waals surface area contributed by atoms with Crippen LogP contribution in [0.1, 0.15) is 30.0 Å². The van der Waals surface area contributed by atoms with E-state index in [1.165, 1.54) is 0 Å². The molecule has 0 heterocycles. The molecule has 1 aliphatic rings. The molecule has 1 amide bonds. The van der Waals surface area contributed by atoms with Crippen molar-refractivity contribution in [2.75, 3.05) is 10.6 Å². The minimum Gasteiger partial charge on any atom is -0.347 e. The van der Waals surface area contributed by atoms with Crippen molar-refractivity contribution in [2.45, 2.75) is 18.9 Å². The first-order valence-corrected chi connectivity index (χ1v) is 13.8. The second kappa shape index (κ2) is 11.7. The number of benzene rings is 3. The van der Waals surface area contributed by atoms with Crippen molar-refractivity contribution < 1.29 is 13.2 Å². The first-order chi connectivity index (χ1) is 17.7. The van der Waals surface area contributed by atoms with Crippen molar-refractivity contribution in [1.29, 1.82) is 0 Å². The Balaban J connectivity index is 1.51. The molecule has 0 fully saturated rings. The standard InChI is InChI=1S/C27H25ClN4O3S2/c28-20-12-16-22(17-13-20)31-27(36)32-25(19-6-2-1-3-7-19)26(33)30-21-14-10-18(11-15-21)23-8-4-5-9-24(23)37(29,34)35/h1-4,6-8,10-17,25H,5,9H2,(H,30,33)(H2,29,34,35)(H2,31,32,36)/t25-/m0/s1. The van der Waals surface area contributed by atoms with Crippen molar-refractivity contribution in [3.8, 4) is 0 Å². The van der Waals surface area contributed by atoms with E-state index in [2.05, 4.69) is 16.0 Å². The highest BCUT2D eigenvalue weighted by molar-refractivity contribution is 7.93. The summed E-state index contributed by atoms with van der Waals surface area (Å²) in [5.74, 6) is -0.318. The number of rotatable bonds is 7. The zero-order valence-corrected chi connectivity index (χ0v) is 22.0. The highest BCUT2D eigenvalue weighted by Crippen LogP contribution is 2.30. The van der Waals surface area contributed by atoms with Gasteiger partial charge in [0, 0.05) is 16.4 Å². The summed E-state index contributed by atoms with van der Waals surface area (Å²) in [7, 11) is -3.80. The van der Waals surface area contributed by atoms with Gasteiger partial charge in [0.05, 0.1) is 4.91 Å². The van der Waals surface area contributed by atoms with Gasteiger partial charge in [-0.3, -0.25) is 4.79 Å². The monoisotopic (exact) mass is 552 g/mol. The number of hydrogen-bond acceptors (Lipinski definition) is 4. The van der Waals surface area contributed by atoms with Crippen LogP contribution in [0.25, 0.3) is 5.57 Å². The van der Waals surface area contributed by atoms with Crippen LogP contribution in [0.2, 0.25) is 5.02 Å². The quantitative estimate of drug-likeness (QED) is 0.294. The lowest BCUT2D eigenvalue weighted by Gasteiger charge is -2.21. The molecule has 10 heteroatoms. The van der Waals surface area contributed by atoms with Gasteiger partial charge in [0.2, 0.25) is 10.0 Å². The molecule has 190 valence electrons. The van der Waals surface area contributed by atoms with E-state index < -0.39 is 16.1 Å². The van der Waals surface area contributed by atoms with Crippen LogP contribution in [0.5, 0.6) is 0 Å². The molecule has 3 aromatic carbocycles. The van der Waals surface area contributed by atoms with Gasteiger partial charge < -0.3 is 16.0 Å². The van der Waals surface area contributed by atoms with E-state index in [1.54, 1.807) is 54.6 Å². The molecule has 0 radical (unpaired) electrons. The zero-order valence-electron chi connectivity index (χ0n) is 19.6. The Kier molecular flexibility index (Phi) is 8.40. The van der Waals surface area contributed by atoms with Gasteiger partial charge in [-0.15, -0.1) is 0 Å². The van der Waals surface area contributed by atoms with Crippen molar-refractivity contribution in [3.05, 3.63) is 112 Å². The number of carbonyl (C=O) groups is 1. The molecular formula is C27H25ClN4O3S2. The molecule has 0 saturated heterocycles. The van der Waals surface area contributed by atoms with Crippen LogP contribution in [0.4, 0.5) is 11.4 Å². The molecule has 4 rings (SSSR count). The van der Waals surface area contributed by atoms with Crippen molar-refractivity contribution >= 4 is 61.8 Å². The van der Waals surface area contributed by atoms with Crippen LogP contribution < -0.4 is 21.1 Å². The van der Waals surface area contributed by atoms with E-state index in [9.17, 15) is 13.2 Å². The van der Waals surface area contributed by atoms with Gasteiger partial charge in [0.1, 0.15) is 6.04 Å². The fraction of sp³-hybridized carbons (Fsp3) is 0.111. The number of primary sulfonamides is 1. The first kappa shape index (κ1) is 26.6. The van der Waals surface area contributed by atoms with Crippen LogP contribution >= 0.6 is 23.8 Å². The molecule has 0 saturated carbocycles. The molecule has 0 aromatic heterocycles. The molecule has 0 aliphatic heterocycles. The summed E-state index contributed by atoms with van der Waals surface area (Å²) in [5.41, 5.74) is 3.27. The second-order valence-electron chi connectivity index (χ2n) is 8.34. The summed E-state index contributed by atoms with van der Waals surface area (Å²) in [5, 5.41) is 15.3. The minimum absolute atomic E-state index is 0.210. The average Bonchev–Trinajstić information content (AvgIpc) is 2.89. The molecule has 3 aromatic rings. The number of thiocarbonyl (C=S) groups is 1. The fourth-order valence-electron chi connectivity index (χ4n) is 3.92. The van der Waals surface area contributed by atoms with Crippen LogP contribution in [-0.4, -0.2) is 19.4 Å². The normalized spacial score (nSPS) is 14.1. The smallest absolute Gasteiger partial charge is 0.251 e. The van der Waals surface area contributed by atoms with Crippen LogP contribution in [0.3, 0.4) is 0 Å². The van der Waals surface area contributed by atoms with Crippen LogP contribution in [0, 0.1) is 0 Å². The number of halogens is 1. The summed E-state index contributed by atoms with van der Waals surface area (Å²) >= 11 is 11.4. The number of hydrogen-bond donors (Lipinski definition) is 4. The Labute approximate surface area is 226 Å². The highest BCUT2D eigenvalue weighted by atomic mass is 35.5. The molecule has 1 atom stereocenters. The molecule has 0 bridgehead atoms. The maximum atomic E-state index is 13.3. The van der Waals surface area contributed by atoms with Crippen LogP contribution in [-0.2, 0) is 14.8 Å². The van der Waals surface area contributed by atoms with E-state index in [4.69, 9.17) is 29.0 Å².